The first-order valence-corrected chi connectivity index (χ1v) is 8.67. The molecule has 0 saturated carbocycles. The molecule has 0 aliphatic heterocycles. The van der Waals surface area contributed by atoms with Crippen LogP contribution in [-0.2, 0) is 16.0 Å². The Bertz CT molecular complexity index is 798. The number of rotatable bonds is 7. The van der Waals surface area contributed by atoms with Crippen molar-refractivity contribution in [3.63, 3.8) is 0 Å². The minimum absolute atomic E-state index is 0.145. The summed E-state index contributed by atoms with van der Waals surface area (Å²) in [5.41, 5.74) is 2.01. The number of allylic oxidation sites excluding steroid dienone is 2. The molecule has 0 aliphatic rings. The monoisotopic (exact) mass is 371 g/mol. The number of ketones is 1. The minimum atomic E-state index is -0.636. The number of hydrogen-bond donors (Lipinski definition) is 2. The van der Waals surface area contributed by atoms with Crippen LogP contribution in [0.3, 0.4) is 0 Å². The number of carbonyl (C=O) groups excluding carboxylic acids is 2. The van der Waals surface area contributed by atoms with Gasteiger partial charge in [-0.3, -0.25) is 4.79 Å². The number of carbonyl (C=O) groups is 2. The molecule has 0 saturated heterocycles. The van der Waals surface area contributed by atoms with E-state index < -0.39 is 12.0 Å². The molecular weight excluding hydrogens is 349 g/mol. The Morgan fingerprint density at radius 1 is 1.15 bits per heavy atom. The average Bonchev–Trinajstić information content (AvgIpc) is 2.62. The van der Waals surface area contributed by atoms with Gasteiger partial charge in [-0.1, -0.05) is 36.4 Å². The SMILES string of the molecule is COC(=O)C(Cc1ccc(O)cc1)N/C(C)=C\C(=O)c1ccc(P)cc1. The topological polar surface area (TPSA) is 75.6 Å². The van der Waals surface area contributed by atoms with Gasteiger partial charge in [0.1, 0.15) is 11.8 Å². The molecule has 2 N–H and O–H groups in total. The fraction of sp³-hybridized carbons (Fsp3) is 0.200. The van der Waals surface area contributed by atoms with E-state index in [-0.39, 0.29) is 11.5 Å². The van der Waals surface area contributed by atoms with Crippen molar-refractivity contribution < 1.29 is 19.4 Å². The lowest BCUT2D eigenvalue weighted by molar-refractivity contribution is -0.142. The van der Waals surface area contributed by atoms with Crippen LogP contribution in [0.4, 0.5) is 0 Å². The van der Waals surface area contributed by atoms with Crippen LogP contribution in [-0.4, -0.2) is 30.0 Å². The standard InChI is InChI=1S/C20H22NO4P/c1-13(11-19(23)15-5-9-17(26)10-6-15)21-18(20(24)25-2)12-14-3-7-16(22)8-4-14/h3-11,18,21-22H,12,26H2,1-2H3/b13-11-. The fourth-order valence-electron chi connectivity index (χ4n) is 2.45. The molecule has 0 heterocycles. The zero-order valence-corrected chi connectivity index (χ0v) is 15.9. The number of hydrogen-bond acceptors (Lipinski definition) is 5. The van der Waals surface area contributed by atoms with Crippen molar-refractivity contribution in [2.45, 2.75) is 19.4 Å². The maximum Gasteiger partial charge on any atom is 0.328 e. The van der Waals surface area contributed by atoms with E-state index in [1.807, 2.05) is 12.1 Å². The van der Waals surface area contributed by atoms with Crippen molar-refractivity contribution in [2.75, 3.05) is 7.11 Å². The van der Waals surface area contributed by atoms with Crippen LogP contribution < -0.4 is 10.6 Å². The van der Waals surface area contributed by atoms with Crippen molar-refractivity contribution in [1.82, 2.24) is 5.32 Å². The van der Waals surface area contributed by atoms with Crippen LogP contribution in [0.5, 0.6) is 5.75 Å². The van der Waals surface area contributed by atoms with Crippen molar-refractivity contribution in [3.05, 3.63) is 71.4 Å². The molecule has 2 aromatic carbocycles. The third-order valence-electron chi connectivity index (χ3n) is 3.81. The first kappa shape index (κ1) is 19.7. The Morgan fingerprint density at radius 3 is 2.35 bits per heavy atom. The minimum Gasteiger partial charge on any atom is -0.508 e. The molecule has 0 radical (unpaired) electrons. The van der Waals surface area contributed by atoms with Gasteiger partial charge in [0.2, 0.25) is 0 Å². The number of phenolic OH excluding ortho intramolecular Hbond substituents is 1. The number of phenols is 1. The second-order valence-electron chi connectivity index (χ2n) is 5.90. The average molecular weight is 371 g/mol. The van der Waals surface area contributed by atoms with E-state index in [1.54, 1.807) is 43.3 Å². The van der Waals surface area contributed by atoms with Gasteiger partial charge < -0.3 is 15.2 Å². The van der Waals surface area contributed by atoms with Crippen LogP contribution in [0.25, 0.3) is 0 Å². The lowest BCUT2D eigenvalue weighted by atomic mass is 10.0. The van der Waals surface area contributed by atoms with Gasteiger partial charge in [0.15, 0.2) is 5.78 Å². The Balaban J connectivity index is 2.10. The Labute approximate surface area is 155 Å². The van der Waals surface area contributed by atoms with Crippen molar-refractivity contribution in [1.29, 1.82) is 0 Å². The van der Waals surface area contributed by atoms with Gasteiger partial charge in [0.25, 0.3) is 0 Å². The summed E-state index contributed by atoms with van der Waals surface area (Å²) in [5.74, 6) is -0.409. The molecule has 0 bridgehead atoms. The highest BCUT2D eigenvalue weighted by molar-refractivity contribution is 7.27. The van der Waals surface area contributed by atoms with E-state index in [1.165, 1.54) is 13.2 Å². The van der Waals surface area contributed by atoms with Gasteiger partial charge in [-0.05, 0) is 29.9 Å². The zero-order chi connectivity index (χ0) is 19.1. The summed E-state index contributed by atoms with van der Waals surface area (Å²) >= 11 is 0. The zero-order valence-electron chi connectivity index (χ0n) is 14.7. The third kappa shape index (κ3) is 5.71. The number of nitrogens with one attached hydrogen (secondary N) is 1. The van der Waals surface area contributed by atoms with E-state index >= 15 is 0 Å². The molecule has 5 nitrogen and oxygen atoms in total. The van der Waals surface area contributed by atoms with Crippen LogP contribution in [0.1, 0.15) is 22.8 Å². The Kier molecular flexibility index (Phi) is 6.93. The van der Waals surface area contributed by atoms with E-state index in [0.717, 1.165) is 10.9 Å². The van der Waals surface area contributed by atoms with E-state index in [9.17, 15) is 14.7 Å². The smallest absolute Gasteiger partial charge is 0.328 e. The van der Waals surface area contributed by atoms with Gasteiger partial charge in [-0.15, -0.1) is 9.24 Å². The maximum atomic E-state index is 12.3. The summed E-state index contributed by atoms with van der Waals surface area (Å²) in [6.07, 6.45) is 1.83. The molecule has 136 valence electrons. The van der Waals surface area contributed by atoms with E-state index in [4.69, 9.17) is 4.74 Å². The molecule has 0 amide bonds. The lowest BCUT2D eigenvalue weighted by Gasteiger charge is -2.18. The predicted molar refractivity (Wildman–Crippen MR) is 105 cm³/mol. The van der Waals surface area contributed by atoms with Gasteiger partial charge >= 0.3 is 5.97 Å². The molecule has 0 aromatic heterocycles. The maximum absolute atomic E-state index is 12.3. The molecule has 2 rings (SSSR count). The number of ether oxygens (including phenoxy) is 1. The predicted octanol–water partition coefficient (Wildman–Crippen LogP) is 2.35. The lowest BCUT2D eigenvalue weighted by Crippen LogP contribution is -2.38. The van der Waals surface area contributed by atoms with Crippen molar-refractivity contribution in [2.24, 2.45) is 0 Å². The summed E-state index contributed by atoms with van der Waals surface area (Å²) < 4.78 is 4.85. The van der Waals surface area contributed by atoms with Crippen molar-refractivity contribution in [3.8, 4) is 5.75 Å². The van der Waals surface area contributed by atoms with Crippen molar-refractivity contribution >= 4 is 26.3 Å². The summed E-state index contributed by atoms with van der Waals surface area (Å²) in [7, 11) is 3.89. The molecule has 6 heteroatoms. The highest BCUT2D eigenvalue weighted by Crippen LogP contribution is 2.12. The largest absolute Gasteiger partial charge is 0.508 e. The summed E-state index contributed by atoms with van der Waals surface area (Å²) in [6.45, 7) is 1.73. The van der Waals surface area contributed by atoms with Crippen LogP contribution in [0, 0.1) is 0 Å². The number of benzene rings is 2. The second kappa shape index (κ2) is 9.16. The molecule has 2 atom stereocenters. The molecule has 2 unspecified atom stereocenters. The molecule has 0 aliphatic carbocycles. The Hall–Kier alpha value is -2.65. The normalized spacial score (nSPS) is 12.3. The van der Waals surface area contributed by atoms with Crippen LogP contribution in [0.2, 0.25) is 0 Å². The van der Waals surface area contributed by atoms with E-state index in [2.05, 4.69) is 14.6 Å². The summed E-state index contributed by atoms with van der Waals surface area (Å²) in [5, 5.41) is 13.4. The van der Waals surface area contributed by atoms with Crippen LogP contribution >= 0.6 is 9.24 Å². The number of esters is 1. The van der Waals surface area contributed by atoms with Gasteiger partial charge in [0, 0.05) is 23.8 Å². The fourth-order valence-corrected chi connectivity index (χ4v) is 2.64. The third-order valence-corrected chi connectivity index (χ3v) is 4.19. The second-order valence-corrected chi connectivity index (χ2v) is 6.57. The molecule has 0 fully saturated rings. The quantitative estimate of drug-likeness (QED) is 0.338. The van der Waals surface area contributed by atoms with Gasteiger partial charge in [0.05, 0.1) is 7.11 Å². The van der Waals surface area contributed by atoms with E-state index in [0.29, 0.717) is 17.7 Å². The first-order chi connectivity index (χ1) is 12.4. The highest BCUT2D eigenvalue weighted by atomic mass is 31.0. The molecule has 0 spiro atoms. The van der Waals surface area contributed by atoms with Gasteiger partial charge in [-0.2, -0.15) is 0 Å². The molecule has 26 heavy (non-hydrogen) atoms. The molecule has 2 aromatic rings. The number of methoxy groups -OCH3 is 1. The summed E-state index contributed by atoms with van der Waals surface area (Å²) in [6, 6.07) is 13.2. The van der Waals surface area contributed by atoms with Crippen LogP contribution in [0.15, 0.2) is 60.3 Å². The Morgan fingerprint density at radius 2 is 1.77 bits per heavy atom. The van der Waals surface area contributed by atoms with Gasteiger partial charge in [-0.25, -0.2) is 4.79 Å². The first-order valence-electron chi connectivity index (χ1n) is 8.09. The number of aromatic hydroxyl groups is 1. The summed E-state index contributed by atoms with van der Waals surface area (Å²) in [4.78, 5) is 24.4. The highest BCUT2D eigenvalue weighted by Gasteiger charge is 2.20. The molecular formula is C20H22NO4P.